The average molecular weight is 237 g/mol. The average Bonchev–Trinajstić information content (AvgIpc) is 2.64. The molecule has 0 saturated carbocycles. The summed E-state index contributed by atoms with van der Waals surface area (Å²) in [6.07, 6.45) is -0.273. The summed E-state index contributed by atoms with van der Waals surface area (Å²) < 4.78 is 12.9. The Morgan fingerprint density at radius 1 is 1.50 bits per heavy atom. The van der Waals surface area contributed by atoms with E-state index in [4.69, 9.17) is 0 Å². The third kappa shape index (κ3) is 2.65. The van der Waals surface area contributed by atoms with E-state index in [1.54, 1.807) is 23.5 Å². The van der Waals surface area contributed by atoms with Gasteiger partial charge in [-0.25, -0.2) is 9.37 Å². The number of benzene rings is 1. The second-order valence-electron chi connectivity index (χ2n) is 3.63. The van der Waals surface area contributed by atoms with E-state index >= 15 is 0 Å². The Morgan fingerprint density at radius 2 is 2.31 bits per heavy atom. The highest BCUT2D eigenvalue weighted by Crippen LogP contribution is 2.20. The number of aliphatic hydroxyl groups is 1. The molecule has 0 spiro atoms. The largest absolute Gasteiger partial charge is 0.388 e. The SMILES string of the molecule is Cc1nc(CC(O)c2cccc(F)c2)cs1. The zero-order chi connectivity index (χ0) is 11.5. The van der Waals surface area contributed by atoms with Crippen LogP contribution in [0, 0.1) is 12.7 Å². The number of hydrogen-bond donors (Lipinski definition) is 1. The van der Waals surface area contributed by atoms with Crippen LogP contribution in [0.15, 0.2) is 29.6 Å². The smallest absolute Gasteiger partial charge is 0.123 e. The maximum atomic E-state index is 12.9. The lowest BCUT2D eigenvalue weighted by Gasteiger charge is -2.09. The Balaban J connectivity index is 2.11. The van der Waals surface area contributed by atoms with Gasteiger partial charge >= 0.3 is 0 Å². The third-order valence-corrected chi connectivity index (χ3v) is 3.12. The summed E-state index contributed by atoms with van der Waals surface area (Å²) in [6, 6.07) is 6.03. The number of aryl methyl sites for hydroxylation is 1. The normalized spacial score (nSPS) is 12.7. The zero-order valence-electron chi connectivity index (χ0n) is 8.85. The molecule has 0 aliphatic rings. The number of rotatable bonds is 3. The van der Waals surface area contributed by atoms with Crippen LogP contribution in [0.3, 0.4) is 0 Å². The van der Waals surface area contributed by atoms with Gasteiger partial charge in [0.25, 0.3) is 0 Å². The van der Waals surface area contributed by atoms with Crippen molar-refractivity contribution in [1.29, 1.82) is 0 Å². The molecule has 0 aliphatic heterocycles. The number of halogens is 1. The Hall–Kier alpha value is -1.26. The lowest BCUT2D eigenvalue weighted by Crippen LogP contribution is -2.02. The van der Waals surface area contributed by atoms with E-state index in [-0.39, 0.29) is 5.82 Å². The minimum atomic E-state index is -0.697. The van der Waals surface area contributed by atoms with E-state index < -0.39 is 6.10 Å². The van der Waals surface area contributed by atoms with E-state index in [2.05, 4.69) is 4.98 Å². The van der Waals surface area contributed by atoms with Gasteiger partial charge in [0.15, 0.2) is 0 Å². The van der Waals surface area contributed by atoms with Crippen LogP contribution in [0.4, 0.5) is 4.39 Å². The molecule has 2 nitrogen and oxygen atoms in total. The van der Waals surface area contributed by atoms with Crippen molar-refractivity contribution in [2.24, 2.45) is 0 Å². The van der Waals surface area contributed by atoms with Crippen molar-refractivity contribution in [2.45, 2.75) is 19.4 Å². The highest BCUT2D eigenvalue weighted by Gasteiger charge is 2.11. The van der Waals surface area contributed by atoms with Crippen LogP contribution in [-0.2, 0) is 6.42 Å². The van der Waals surface area contributed by atoms with Crippen LogP contribution in [0.2, 0.25) is 0 Å². The molecule has 0 amide bonds. The number of aromatic nitrogens is 1. The molecule has 0 saturated heterocycles. The van der Waals surface area contributed by atoms with Gasteiger partial charge in [0.05, 0.1) is 16.8 Å². The summed E-state index contributed by atoms with van der Waals surface area (Å²) in [7, 11) is 0. The number of hydrogen-bond acceptors (Lipinski definition) is 3. The first-order valence-corrected chi connectivity index (χ1v) is 5.87. The minimum absolute atomic E-state index is 0.328. The molecule has 1 aromatic carbocycles. The summed E-state index contributed by atoms with van der Waals surface area (Å²) in [5, 5.41) is 12.8. The first kappa shape index (κ1) is 11.2. The van der Waals surface area contributed by atoms with Crippen molar-refractivity contribution in [3.63, 3.8) is 0 Å². The van der Waals surface area contributed by atoms with E-state index in [1.807, 2.05) is 12.3 Å². The fourth-order valence-corrected chi connectivity index (χ4v) is 2.16. The van der Waals surface area contributed by atoms with Gasteiger partial charge in [-0.2, -0.15) is 0 Å². The Morgan fingerprint density at radius 3 is 2.94 bits per heavy atom. The van der Waals surface area contributed by atoms with E-state index in [1.165, 1.54) is 12.1 Å². The predicted molar refractivity (Wildman–Crippen MR) is 61.9 cm³/mol. The fraction of sp³-hybridized carbons (Fsp3) is 0.250. The predicted octanol–water partition coefficient (Wildman–Crippen LogP) is 2.87. The summed E-state index contributed by atoms with van der Waals surface area (Å²) in [5.41, 5.74) is 1.44. The molecule has 1 unspecified atom stereocenters. The molecule has 4 heteroatoms. The first-order valence-electron chi connectivity index (χ1n) is 4.99. The molecule has 1 heterocycles. The van der Waals surface area contributed by atoms with Gasteiger partial charge in [-0.1, -0.05) is 12.1 Å². The van der Waals surface area contributed by atoms with Gasteiger partial charge < -0.3 is 5.11 Å². The van der Waals surface area contributed by atoms with Gasteiger partial charge in [0, 0.05) is 11.8 Å². The molecular weight excluding hydrogens is 225 g/mol. The molecule has 1 N–H and O–H groups in total. The number of aliphatic hydroxyl groups excluding tert-OH is 1. The van der Waals surface area contributed by atoms with Gasteiger partial charge in [-0.15, -0.1) is 11.3 Å². The first-order chi connectivity index (χ1) is 7.65. The van der Waals surface area contributed by atoms with Crippen LogP contribution in [-0.4, -0.2) is 10.1 Å². The monoisotopic (exact) mass is 237 g/mol. The molecule has 0 bridgehead atoms. The third-order valence-electron chi connectivity index (χ3n) is 2.30. The van der Waals surface area contributed by atoms with Gasteiger partial charge in [-0.05, 0) is 24.6 Å². The highest BCUT2D eigenvalue weighted by atomic mass is 32.1. The minimum Gasteiger partial charge on any atom is -0.388 e. The summed E-state index contributed by atoms with van der Waals surface area (Å²) in [6.45, 7) is 1.92. The van der Waals surface area contributed by atoms with E-state index in [9.17, 15) is 9.50 Å². The van der Waals surface area contributed by atoms with Crippen molar-refractivity contribution >= 4 is 11.3 Å². The lowest BCUT2D eigenvalue weighted by molar-refractivity contribution is 0.177. The van der Waals surface area contributed by atoms with Crippen molar-refractivity contribution in [3.05, 3.63) is 51.7 Å². The second-order valence-corrected chi connectivity index (χ2v) is 4.70. The number of thiazole rings is 1. The summed E-state index contributed by atoms with van der Waals surface area (Å²) in [4.78, 5) is 4.26. The summed E-state index contributed by atoms with van der Waals surface area (Å²) in [5.74, 6) is -0.328. The van der Waals surface area contributed by atoms with Crippen molar-refractivity contribution in [3.8, 4) is 0 Å². The van der Waals surface area contributed by atoms with Gasteiger partial charge in [-0.3, -0.25) is 0 Å². The molecular formula is C12H12FNOS. The molecule has 16 heavy (non-hydrogen) atoms. The van der Waals surface area contributed by atoms with Crippen LogP contribution in [0.5, 0.6) is 0 Å². The van der Waals surface area contributed by atoms with Crippen LogP contribution in [0.1, 0.15) is 22.4 Å². The Kier molecular flexibility index (Phi) is 3.31. The molecule has 0 fully saturated rings. The molecule has 0 radical (unpaired) electrons. The zero-order valence-corrected chi connectivity index (χ0v) is 9.67. The van der Waals surface area contributed by atoms with Crippen LogP contribution >= 0.6 is 11.3 Å². The molecule has 84 valence electrons. The van der Waals surface area contributed by atoms with Crippen LogP contribution < -0.4 is 0 Å². The second kappa shape index (κ2) is 4.72. The molecule has 1 atom stereocenters. The maximum absolute atomic E-state index is 12.9. The van der Waals surface area contributed by atoms with Crippen molar-refractivity contribution < 1.29 is 9.50 Å². The molecule has 1 aromatic heterocycles. The maximum Gasteiger partial charge on any atom is 0.123 e. The van der Waals surface area contributed by atoms with Crippen molar-refractivity contribution in [2.75, 3.05) is 0 Å². The summed E-state index contributed by atoms with van der Waals surface area (Å²) >= 11 is 1.55. The van der Waals surface area contributed by atoms with Crippen LogP contribution in [0.25, 0.3) is 0 Å². The highest BCUT2D eigenvalue weighted by molar-refractivity contribution is 7.09. The standard InChI is InChI=1S/C12H12FNOS/c1-8-14-11(7-16-8)6-12(15)9-3-2-4-10(13)5-9/h2-5,7,12,15H,6H2,1H3. The fourth-order valence-electron chi connectivity index (χ4n) is 1.53. The topological polar surface area (TPSA) is 33.1 Å². The Labute approximate surface area is 97.4 Å². The Bertz CT molecular complexity index is 483. The van der Waals surface area contributed by atoms with E-state index in [0.717, 1.165) is 10.7 Å². The molecule has 0 aliphatic carbocycles. The quantitative estimate of drug-likeness (QED) is 0.890. The number of nitrogens with zero attached hydrogens (tertiary/aromatic N) is 1. The van der Waals surface area contributed by atoms with Gasteiger partial charge in [0.2, 0.25) is 0 Å². The molecule has 2 aromatic rings. The van der Waals surface area contributed by atoms with Crippen molar-refractivity contribution in [1.82, 2.24) is 4.98 Å². The van der Waals surface area contributed by atoms with E-state index in [0.29, 0.717) is 12.0 Å². The van der Waals surface area contributed by atoms with Gasteiger partial charge in [0.1, 0.15) is 5.82 Å². The molecule has 2 rings (SSSR count). The lowest BCUT2D eigenvalue weighted by atomic mass is 10.1.